The van der Waals surface area contributed by atoms with Crippen LogP contribution in [0.2, 0.25) is 0 Å². The van der Waals surface area contributed by atoms with Crippen LogP contribution in [0.15, 0.2) is 310 Å². The Labute approximate surface area is 481 Å². The van der Waals surface area contributed by atoms with Gasteiger partial charge in [0.15, 0.2) is 0 Å². The third-order valence-corrected chi connectivity index (χ3v) is 16.2. The van der Waals surface area contributed by atoms with Crippen molar-refractivity contribution >= 4 is 120 Å². The molecule has 4 aliphatic heterocycles. The summed E-state index contributed by atoms with van der Waals surface area (Å²) in [6, 6.07) is 85.9. The number of fused-ring (bicyclic) bond motifs is 8. The highest BCUT2D eigenvalue weighted by Gasteiger charge is 2.48. The first-order chi connectivity index (χ1) is 40.6. The number of rotatable bonds is 13. The molecule has 8 heteroatoms. The zero-order valence-electron chi connectivity index (χ0n) is 45.8. The summed E-state index contributed by atoms with van der Waals surface area (Å²) in [5.41, 5.74) is 22.9. The fourth-order valence-corrected chi connectivity index (χ4v) is 12.9. The van der Waals surface area contributed by atoms with E-state index in [1.807, 2.05) is 18.2 Å². The van der Waals surface area contributed by atoms with Gasteiger partial charge in [0.1, 0.15) is 11.5 Å². The lowest BCUT2D eigenvalue weighted by atomic mass is 9.30. The highest BCUT2D eigenvalue weighted by atomic mass is 16.5. The van der Waals surface area contributed by atoms with Gasteiger partial charge < -0.3 is 29.2 Å². The minimum atomic E-state index is -0.177. The van der Waals surface area contributed by atoms with Crippen LogP contribution in [-0.2, 0) is 0 Å². The molecule has 0 saturated carbocycles. The first-order valence-corrected chi connectivity index (χ1v) is 28.1. The SMILES string of the molecule is C=C/C=C\C(=C/C)N(c1ccccc1)c1cc2c3c(c1)N(c1ccccc1)c1cc4c(cc1B3c1ccccc1N2c1ccccc1)B1c2ccccc2N(c2ccccc2)c2cc(N(C(/C=C\C)=C/C=C)c3ccccc3)cc(c21)O4. The number of anilines is 13. The van der Waals surface area contributed by atoms with Crippen molar-refractivity contribution < 1.29 is 4.74 Å². The van der Waals surface area contributed by atoms with Crippen LogP contribution in [0.25, 0.3) is 0 Å². The molecule has 6 nitrogen and oxygen atoms in total. The van der Waals surface area contributed by atoms with E-state index in [-0.39, 0.29) is 13.4 Å². The van der Waals surface area contributed by atoms with E-state index in [2.05, 4.69) is 318 Å². The molecule has 0 aromatic heterocycles. The van der Waals surface area contributed by atoms with E-state index in [0.29, 0.717) is 0 Å². The Morgan fingerprint density at radius 2 is 0.841 bits per heavy atom. The molecule has 0 N–H and O–H groups in total. The Morgan fingerprint density at radius 1 is 0.390 bits per heavy atom. The van der Waals surface area contributed by atoms with Crippen molar-refractivity contribution in [3.8, 4) is 11.5 Å². The second-order valence-corrected chi connectivity index (χ2v) is 20.8. The largest absolute Gasteiger partial charge is 0.458 e. The topological polar surface area (TPSA) is 25.4 Å². The Bertz CT molecular complexity index is 4240. The molecule has 10 aromatic carbocycles. The number of allylic oxidation sites excluding steroid dienone is 8. The number of benzene rings is 10. The molecular formula is C74H57B2N5O. The summed E-state index contributed by atoms with van der Waals surface area (Å²) in [5, 5.41) is 0. The molecule has 0 radical (unpaired) electrons. The second kappa shape index (κ2) is 21.0. The van der Waals surface area contributed by atoms with Crippen molar-refractivity contribution in [2.24, 2.45) is 0 Å². The predicted molar refractivity (Wildman–Crippen MR) is 350 cm³/mol. The van der Waals surface area contributed by atoms with Gasteiger partial charge in [-0.25, -0.2) is 0 Å². The molecule has 14 rings (SSSR count). The van der Waals surface area contributed by atoms with Crippen LogP contribution in [0, 0.1) is 0 Å². The van der Waals surface area contributed by atoms with Crippen molar-refractivity contribution in [1.29, 1.82) is 0 Å². The van der Waals surface area contributed by atoms with Crippen LogP contribution in [-0.4, -0.2) is 13.4 Å². The molecular weight excluding hydrogens is 996 g/mol. The zero-order valence-corrected chi connectivity index (χ0v) is 45.8. The van der Waals surface area contributed by atoms with Gasteiger partial charge in [-0.1, -0.05) is 177 Å². The van der Waals surface area contributed by atoms with Gasteiger partial charge in [-0.3, -0.25) is 0 Å². The van der Waals surface area contributed by atoms with E-state index in [4.69, 9.17) is 4.74 Å². The molecule has 390 valence electrons. The molecule has 0 aliphatic carbocycles. The third-order valence-electron chi connectivity index (χ3n) is 16.2. The van der Waals surface area contributed by atoms with E-state index >= 15 is 0 Å². The Balaban J connectivity index is 1.07. The quantitative estimate of drug-likeness (QED) is 0.0843. The van der Waals surface area contributed by atoms with Crippen LogP contribution < -0.4 is 62.0 Å². The van der Waals surface area contributed by atoms with Crippen molar-refractivity contribution in [3.63, 3.8) is 0 Å². The van der Waals surface area contributed by atoms with Gasteiger partial charge in [0.05, 0.1) is 11.4 Å². The van der Waals surface area contributed by atoms with Crippen LogP contribution >= 0.6 is 0 Å². The average molecular weight is 1050 g/mol. The molecule has 4 heterocycles. The normalized spacial score (nSPS) is 13.6. The number of nitrogens with zero attached hydrogens (tertiary/aromatic N) is 5. The number of para-hydroxylation sites is 7. The highest BCUT2D eigenvalue weighted by molar-refractivity contribution is 7.02. The van der Waals surface area contributed by atoms with E-state index in [1.54, 1.807) is 0 Å². The first kappa shape index (κ1) is 49.8. The standard InChI is InChI=1S/C74H57B2N5O/c1-5-9-31-52(8-4)77(54-32-15-10-16-33-54)59-46-68-73-69(47-59)81(58-40-23-14-24-41-58)67-51-71-64(50-63(67)75(73)61-42-25-27-44-65(61)79(68)56-36-19-12-20-37-56)76-62-43-26-28-45-66(62)80(57-38-21-13-22-39-57)70-48-60(49-72(82-71)74(70)76)78(53(29-6-2)30-7-3)55-34-17-11-18-35-55/h5-51H,1-2H2,3-4H3/b30-7-,31-9-,52-8+,53-29+. The number of ether oxygens (including phenoxy) is 1. The van der Waals surface area contributed by atoms with E-state index < -0.39 is 0 Å². The summed E-state index contributed by atoms with van der Waals surface area (Å²) in [7, 11) is 0. The van der Waals surface area contributed by atoms with Crippen LogP contribution in [0.3, 0.4) is 0 Å². The van der Waals surface area contributed by atoms with Crippen molar-refractivity contribution in [2.45, 2.75) is 13.8 Å². The Morgan fingerprint density at radius 3 is 1.34 bits per heavy atom. The van der Waals surface area contributed by atoms with Gasteiger partial charge in [-0.05, 0) is 156 Å². The highest BCUT2D eigenvalue weighted by Crippen LogP contribution is 2.50. The minimum Gasteiger partial charge on any atom is -0.458 e. The maximum absolute atomic E-state index is 7.67. The lowest BCUT2D eigenvalue weighted by Gasteiger charge is -2.46. The fourth-order valence-electron chi connectivity index (χ4n) is 12.9. The molecule has 0 atom stereocenters. The summed E-state index contributed by atoms with van der Waals surface area (Å²) in [6.07, 6.45) is 16.3. The van der Waals surface area contributed by atoms with Gasteiger partial charge in [-0.2, -0.15) is 0 Å². The van der Waals surface area contributed by atoms with E-state index in [1.165, 1.54) is 21.9 Å². The summed E-state index contributed by atoms with van der Waals surface area (Å²) in [6.45, 7) is 12.1. The Hall–Kier alpha value is -10.4. The van der Waals surface area contributed by atoms with Crippen LogP contribution in [0.4, 0.5) is 73.9 Å². The van der Waals surface area contributed by atoms with Crippen molar-refractivity contribution in [1.82, 2.24) is 0 Å². The smallest absolute Gasteiger partial charge is 0.256 e. The molecule has 82 heavy (non-hydrogen) atoms. The van der Waals surface area contributed by atoms with Gasteiger partial charge in [0, 0.05) is 86.1 Å². The molecule has 0 unspecified atom stereocenters. The van der Waals surface area contributed by atoms with Crippen LogP contribution in [0.5, 0.6) is 11.5 Å². The molecule has 0 fully saturated rings. The molecule has 0 saturated heterocycles. The van der Waals surface area contributed by atoms with Crippen molar-refractivity contribution in [2.75, 3.05) is 24.5 Å². The van der Waals surface area contributed by atoms with Gasteiger partial charge in [0.2, 0.25) is 0 Å². The monoisotopic (exact) mass is 1050 g/mol. The average Bonchev–Trinajstić information content (AvgIpc) is 1.38. The fraction of sp³-hybridized carbons (Fsp3) is 0.0270. The summed E-state index contributed by atoms with van der Waals surface area (Å²) >= 11 is 0. The molecule has 0 amide bonds. The van der Waals surface area contributed by atoms with Gasteiger partial charge in [-0.15, -0.1) is 0 Å². The second-order valence-electron chi connectivity index (χ2n) is 20.8. The molecule has 0 spiro atoms. The van der Waals surface area contributed by atoms with Crippen LogP contribution in [0.1, 0.15) is 13.8 Å². The Kier molecular flexibility index (Phi) is 12.8. The third kappa shape index (κ3) is 8.21. The predicted octanol–water partition coefficient (Wildman–Crippen LogP) is 15.7. The summed E-state index contributed by atoms with van der Waals surface area (Å²) < 4.78 is 7.67. The maximum atomic E-state index is 7.67. The van der Waals surface area contributed by atoms with E-state index in [9.17, 15) is 0 Å². The first-order valence-electron chi connectivity index (χ1n) is 28.1. The molecule has 4 aliphatic rings. The lowest BCUT2D eigenvalue weighted by molar-refractivity contribution is 0.488. The number of hydrogen-bond acceptors (Lipinski definition) is 6. The van der Waals surface area contributed by atoms with Gasteiger partial charge >= 0.3 is 0 Å². The minimum absolute atomic E-state index is 0.161. The number of hydrogen-bond donors (Lipinski definition) is 0. The lowest BCUT2D eigenvalue weighted by Crippen LogP contribution is -2.64. The maximum Gasteiger partial charge on any atom is 0.256 e. The molecule has 0 bridgehead atoms. The zero-order chi connectivity index (χ0) is 55.3. The van der Waals surface area contributed by atoms with Gasteiger partial charge in [0.25, 0.3) is 13.4 Å². The van der Waals surface area contributed by atoms with Crippen molar-refractivity contribution in [3.05, 3.63) is 310 Å². The summed E-state index contributed by atoms with van der Waals surface area (Å²) in [4.78, 5) is 12.0. The van der Waals surface area contributed by atoms with E-state index in [0.717, 1.165) is 108 Å². The summed E-state index contributed by atoms with van der Waals surface area (Å²) in [5.74, 6) is 1.62. The molecule has 10 aromatic rings.